The summed E-state index contributed by atoms with van der Waals surface area (Å²) >= 11 is 5.89. The van der Waals surface area contributed by atoms with Gasteiger partial charge in [-0.05, 0) is 30.2 Å². The highest BCUT2D eigenvalue weighted by Crippen LogP contribution is 2.26. The van der Waals surface area contributed by atoms with Crippen LogP contribution in [0.4, 0.5) is 10.1 Å². The summed E-state index contributed by atoms with van der Waals surface area (Å²) in [6.45, 7) is 2.70. The van der Waals surface area contributed by atoms with Crippen LogP contribution >= 0.6 is 11.6 Å². The van der Waals surface area contributed by atoms with E-state index < -0.39 is 5.82 Å². The molecule has 2 nitrogen and oxygen atoms in total. The van der Waals surface area contributed by atoms with E-state index >= 15 is 0 Å². The Hall–Kier alpha value is -1.58. The van der Waals surface area contributed by atoms with Gasteiger partial charge in [-0.15, -0.1) is 0 Å². The number of anilines is 1. The predicted molar refractivity (Wildman–Crippen MR) is 85.2 cm³/mol. The van der Waals surface area contributed by atoms with Crippen LogP contribution in [-0.4, -0.2) is 17.8 Å². The number of rotatable bonds is 6. The number of hydrogen-bond acceptors (Lipinski definition) is 2. The summed E-state index contributed by atoms with van der Waals surface area (Å²) in [6, 6.07) is 14.6. The summed E-state index contributed by atoms with van der Waals surface area (Å²) in [4.78, 5) is 2.06. The molecule has 1 atom stereocenters. The molecular weight excluding hydrogens is 289 g/mol. The minimum absolute atomic E-state index is 0.0354. The molecule has 0 radical (unpaired) electrons. The second-order valence-corrected chi connectivity index (χ2v) is 5.36. The van der Waals surface area contributed by atoms with Crippen molar-refractivity contribution < 1.29 is 9.50 Å². The van der Waals surface area contributed by atoms with Gasteiger partial charge in [0, 0.05) is 12.2 Å². The number of halogens is 2. The maximum absolute atomic E-state index is 13.4. The first-order valence-electron chi connectivity index (χ1n) is 7.02. The minimum atomic E-state index is -0.433. The van der Waals surface area contributed by atoms with Gasteiger partial charge in [-0.3, -0.25) is 0 Å². The van der Waals surface area contributed by atoms with E-state index in [1.165, 1.54) is 6.07 Å². The summed E-state index contributed by atoms with van der Waals surface area (Å²) in [5.74, 6) is -0.433. The zero-order valence-electron chi connectivity index (χ0n) is 12.0. The monoisotopic (exact) mass is 307 g/mol. The molecule has 112 valence electrons. The lowest BCUT2D eigenvalue weighted by molar-refractivity contribution is 0.255. The van der Waals surface area contributed by atoms with Gasteiger partial charge in [-0.1, -0.05) is 48.9 Å². The first kappa shape index (κ1) is 15.8. The lowest BCUT2D eigenvalue weighted by Crippen LogP contribution is -2.37. The van der Waals surface area contributed by atoms with Crippen molar-refractivity contribution in [3.05, 3.63) is 64.9 Å². The van der Waals surface area contributed by atoms with Gasteiger partial charge in [0.2, 0.25) is 0 Å². The normalized spacial score (nSPS) is 12.2. The fourth-order valence-electron chi connectivity index (χ4n) is 2.32. The second kappa shape index (κ2) is 7.43. The average molecular weight is 308 g/mol. The Bertz CT molecular complexity index is 572. The van der Waals surface area contributed by atoms with Crippen molar-refractivity contribution in [1.82, 2.24) is 0 Å². The summed E-state index contributed by atoms with van der Waals surface area (Å²) < 4.78 is 13.4. The molecule has 0 saturated carbocycles. The van der Waals surface area contributed by atoms with Crippen molar-refractivity contribution in [3.8, 4) is 0 Å². The molecule has 0 aliphatic rings. The van der Waals surface area contributed by atoms with Crippen molar-refractivity contribution in [2.75, 3.05) is 11.5 Å². The van der Waals surface area contributed by atoms with Crippen LogP contribution in [0.1, 0.15) is 18.9 Å². The fraction of sp³-hybridized carbons (Fsp3) is 0.294. The molecule has 0 aliphatic heterocycles. The van der Waals surface area contributed by atoms with E-state index in [1.807, 2.05) is 37.3 Å². The third-order valence-electron chi connectivity index (χ3n) is 3.55. The SMILES string of the molecule is CCC(CO)N(Cc1ccccc1)c1ccc(F)c(Cl)c1. The van der Waals surface area contributed by atoms with Gasteiger partial charge < -0.3 is 10.0 Å². The lowest BCUT2D eigenvalue weighted by atomic mass is 10.1. The van der Waals surface area contributed by atoms with Crippen molar-refractivity contribution in [2.45, 2.75) is 25.9 Å². The van der Waals surface area contributed by atoms with Crippen molar-refractivity contribution in [1.29, 1.82) is 0 Å². The standard InChI is InChI=1S/C17H19ClFNO/c1-2-14(12-21)20(11-13-6-4-3-5-7-13)15-8-9-17(19)16(18)10-15/h3-10,14,21H,2,11-12H2,1H3. The number of aliphatic hydroxyl groups is 1. The van der Waals surface area contributed by atoms with E-state index in [0.717, 1.165) is 17.7 Å². The molecule has 0 amide bonds. The largest absolute Gasteiger partial charge is 0.394 e. The van der Waals surface area contributed by atoms with Crippen LogP contribution in [0.5, 0.6) is 0 Å². The molecule has 0 heterocycles. The molecule has 2 aromatic carbocycles. The summed E-state index contributed by atoms with van der Waals surface area (Å²) in [6.07, 6.45) is 0.790. The quantitative estimate of drug-likeness (QED) is 0.862. The van der Waals surface area contributed by atoms with Crippen LogP contribution < -0.4 is 4.90 Å². The molecule has 0 bridgehead atoms. The number of nitrogens with zero attached hydrogens (tertiary/aromatic N) is 1. The molecule has 0 saturated heterocycles. The van der Waals surface area contributed by atoms with E-state index in [4.69, 9.17) is 11.6 Å². The van der Waals surface area contributed by atoms with Crippen LogP contribution in [0.15, 0.2) is 48.5 Å². The minimum Gasteiger partial charge on any atom is -0.394 e. The Kier molecular flexibility index (Phi) is 5.59. The Balaban J connectivity index is 2.33. The number of hydrogen-bond donors (Lipinski definition) is 1. The zero-order valence-corrected chi connectivity index (χ0v) is 12.7. The molecule has 0 aliphatic carbocycles. The van der Waals surface area contributed by atoms with Crippen LogP contribution in [-0.2, 0) is 6.54 Å². The van der Waals surface area contributed by atoms with E-state index in [9.17, 15) is 9.50 Å². The van der Waals surface area contributed by atoms with Gasteiger partial charge >= 0.3 is 0 Å². The number of benzene rings is 2. The summed E-state index contributed by atoms with van der Waals surface area (Å²) in [7, 11) is 0. The van der Waals surface area contributed by atoms with Gasteiger partial charge in [0.25, 0.3) is 0 Å². The first-order valence-corrected chi connectivity index (χ1v) is 7.40. The Morgan fingerprint density at radius 1 is 1.19 bits per heavy atom. The highest BCUT2D eigenvalue weighted by Gasteiger charge is 2.18. The van der Waals surface area contributed by atoms with Crippen LogP contribution in [0.25, 0.3) is 0 Å². The molecule has 0 spiro atoms. The Labute approximate surface area is 129 Å². The Morgan fingerprint density at radius 2 is 1.90 bits per heavy atom. The predicted octanol–water partition coefficient (Wildman–Crippen LogP) is 4.26. The van der Waals surface area contributed by atoms with Crippen molar-refractivity contribution in [3.63, 3.8) is 0 Å². The zero-order chi connectivity index (χ0) is 15.2. The third-order valence-corrected chi connectivity index (χ3v) is 3.84. The van der Waals surface area contributed by atoms with Crippen LogP contribution in [0.2, 0.25) is 5.02 Å². The Morgan fingerprint density at radius 3 is 2.48 bits per heavy atom. The van der Waals surface area contributed by atoms with Gasteiger partial charge in [0.1, 0.15) is 5.82 Å². The molecule has 4 heteroatoms. The molecule has 2 rings (SSSR count). The van der Waals surface area contributed by atoms with Gasteiger partial charge in [0.15, 0.2) is 0 Å². The molecule has 1 unspecified atom stereocenters. The maximum Gasteiger partial charge on any atom is 0.141 e. The highest BCUT2D eigenvalue weighted by molar-refractivity contribution is 6.31. The summed E-state index contributed by atoms with van der Waals surface area (Å²) in [5, 5.41) is 9.71. The van der Waals surface area contributed by atoms with Crippen LogP contribution in [0, 0.1) is 5.82 Å². The molecule has 2 aromatic rings. The fourth-order valence-corrected chi connectivity index (χ4v) is 2.50. The second-order valence-electron chi connectivity index (χ2n) is 4.96. The van der Waals surface area contributed by atoms with Crippen LogP contribution in [0.3, 0.4) is 0 Å². The van der Waals surface area contributed by atoms with E-state index in [1.54, 1.807) is 12.1 Å². The maximum atomic E-state index is 13.4. The van der Waals surface area contributed by atoms with Crippen molar-refractivity contribution in [2.24, 2.45) is 0 Å². The number of aliphatic hydroxyl groups excluding tert-OH is 1. The average Bonchev–Trinajstić information content (AvgIpc) is 2.51. The molecule has 0 aromatic heterocycles. The molecule has 21 heavy (non-hydrogen) atoms. The smallest absolute Gasteiger partial charge is 0.141 e. The van der Waals surface area contributed by atoms with E-state index in [2.05, 4.69) is 4.90 Å². The van der Waals surface area contributed by atoms with Gasteiger partial charge in [0.05, 0.1) is 17.7 Å². The molecule has 0 fully saturated rings. The third kappa shape index (κ3) is 3.96. The highest BCUT2D eigenvalue weighted by atomic mass is 35.5. The van der Waals surface area contributed by atoms with Gasteiger partial charge in [-0.25, -0.2) is 4.39 Å². The molecular formula is C17H19ClFNO. The summed E-state index contributed by atoms with van der Waals surface area (Å²) in [5.41, 5.74) is 1.94. The lowest BCUT2D eigenvalue weighted by Gasteiger charge is -2.32. The van der Waals surface area contributed by atoms with Crippen molar-refractivity contribution >= 4 is 17.3 Å². The topological polar surface area (TPSA) is 23.5 Å². The van der Waals surface area contributed by atoms with Gasteiger partial charge in [-0.2, -0.15) is 0 Å². The molecule has 1 N–H and O–H groups in total. The van der Waals surface area contributed by atoms with E-state index in [0.29, 0.717) is 6.54 Å². The van der Waals surface area contributed by atoms with E-state index in [-0.39, 0.29) is 17.7 Å². The first-order chi connectivity index (χ1) is 10.2.